The maximum atomic E-state index is 10.4. The van der Waals surface area contributed by atoms with Crippen LogP contribution >= 0.6 is 0 Å². The molecule has 5 heteroatoms. The van der Waals surface area contributed by atoms with Crippen molar-refractivity contribution in [2.45, 2.75) is 0 Å². The number of aromatic nitrogens is 2. The molecule has 11 heavy (non-hydrogen) atoms. The van der Waals surface area contributed by atoms with Gasteiger partial charge in [-0.2, -0.15) is 5.10 Å². The average molecular weight is 155 g/mol. The van der Waals surface area contributed by atoms with E-state index in [1.165, 1.54) is 10.7 Å². The number of aromatic carboxylic acids is 1. The van der Waals surface area contributed by atoms with Gasteiger partial charge in [0.05, 0.1) is 0 Å². The van der Waals surface area contributed by atoms with Crippen molar-refractivity contribution in [3.63, 3.8) is 0 Å². The van der Waals surface area contributed by atoms with Crippen molar-refractivity contribution in [3.8, 4) is 0 Å². The Bertz CT molecular complexity index is 279. The molecule has 0 aliphatic heterocycles. The normalized spacial score (nSPS) is 9.64. The maximum absolute atomic E-state index is 10.4. The lowest BCUT2D eigenvalue weighted by atomic mass is 10.4. The van der Waals surface area contributed by atoms with Gasteiger partial charge >= 0.3 is 5.97 Å². The summed E-state index contributed by atoms with van der Waals surface area (Å²) in [6.45, 7) is 0. The van der Waals surface area contributed by atoms with Gasteiger partial charge in [0.1, 0.15) is 5.82 Å². The Morgan fingerprint density at radius 2 is 2.45 bits per heavy atom. The van der Waals surface area contributed by atoms with Crippen LogP contribution in [-0.2, 0) is 7.05 Å². The summed E-state index contributed by atoms with van der Waals surface area (Å²) in [7, 11) is 3.39. The van der Waals surface area contributed by atoms with Crippen molar-refractivity contribution in [2.24, 2.45) is 7.05 Å². The first-order valence-electron chi connectivity index (χ1n) is 3.10. The van der Waals surface area contributed by atoms with Crippen LogP contribution in [-0.4, -0.2) is 27.9 Å². The van der Waals surface area contributed by atoms with E-state index in [9.17, 15) is 4.79 Å². The zero-order valence-electron chi connectivity index (χ0n) is 6.33. The van der Waals surface area contributed by atoms with Crippen LogP contribution in [0.2, 0.25) is 0 Å². The molecule has 0 aliphatic rings. The maximum Gasteiger partial charge on any atom is 0.356 e. The summed E-state index contributed by atoms with van der Waals surface area (Å²) >= 11 is 0. The quantitative estimate of drug-likeness (QED) is 0.638. The summed E-state index contributed by atoms with van der Waals surface area (Å²) in [5, 5.41) is 15.1. The minimum Gasteiger partial charge on any atom is -0.476 e. The molecular formula is C6H9N3O2. The molecule has 0 bridgehead atoms. The molecule has 5 nitrogen and oxygen atoms in total. The number of nitrogens with one attached hydrogen (secondary N) is 1. The fourth-order valence-corrected chi connectivity index (χ4v) is 0.806. The van der Waals surface area contributed by atoms with E-state index in [0.29, 0.717) is 5.82 Å². The number of hydrogen-bond donors (Lipinski definition) is 2. The number of rotatable bonds is 2. The van der Waals surface area contributed by atoms with Crippen LogP contribution in [0, 0.1) is 0 Å². The van der Waals surface area contributed by atoms with E-state index in [1.54, 1.807) is 14.1 Å². The van der Waals surface area contributed by atoms with E-state index < -0.39 is 5.97 Å². The topological polar surface area (TPSA) is 67.2 Å². The molecule has 0 spiro atoms. The number of hydrogen-bond acceptors (Lipinski definition) is 3. The van der Waals surface area contributed by atoms with E-state index in [2.05, 4.69) is 10.4 Å². The smallest absolute Gasteiger partial charge is 0.356 e. The number of nitrogens with zero attached hydrogens (tertiary/aromatic N) is 2. The third-order valence-corrected chi connectivity index (χ3v) is 1.36. The Kier molecular flexibility index (Phi) is 1.80. The second kappa shape index (κ2) is 2.61. The Balaban J connectivity index is 3.05. The molecule has 0 atom stereocenters. The second-order valence-corrected chi connectivity index (χ2v) is 2.09. The van der Waals surface area contributed by atoms with Crippen molar-refractivity contribution < 1.29 is 9.90 Å². The molecule has 60 valence electrons. The van der Waals surface area contributed by atoms with Gasteiger partial charge < -0.3 is 10.4 Å². The van der Waals surface area contributed by atoms with Crippen LogP contribution in [0.3, 0.4) is 0 Å². The summed E-state index contributed by atoms with van der Waals surface area (Å²) in [6.07, 6.45) is 0. The summed E-state index contributed by atoms with van der Waals surface area (Å²) < 4.78 is 1.48. The number of anilines is 1. The van der Waals surface area contributed by atoms with Crippen molar-refractivity contribution >= 4 is 11.8 Å². The van der Waals surface area contributed by atoms with Gasteiger partial charge in [-0.1, -0.05) is 0 Å². The van der Waals surface area contributed by atoms with Crippen LogP contribution in [0.25, 0.3) is 0 Å². The predicted octanol–water partition coefficient (Wildman–Crippen LogP) is 0.160. The monoisotopic (exact) mass is 155 g/mol. The van der Waals surface area contributed by atoms with Crippen LogP contribution in [0.5, 0.6) is 0 Å². The SMILES string of the molecule is CNc1cc(C(=O)O)nn1C. The second-order valence-electron chi connectivity index (χ2n) is 2.09. The van der Waals surface area contributed by atoms with Gasteiger partial charge in [-0.25, -0.2) is 4.79 Å². The number of carbonyl (C=O) groups is 1. The highest BCUT2D eigenvalue weighted by Gasteiger charge is 2.08. The van der Waals surface area contributed by atoms with Crippen molar-refractivity contribution in [3.05, 3.63) is 11.8 Å². The largest absolute Gasteiger partial charge is 0.476 e. The number of carboxylic acid groups (broad SMARTS) is 1. The van der Waals surface area contributed by atoms with E-state index in [-0.39, 0.29) is 5.69 Å². The molecule has 1 aromatic rings. The Morgan fingerprint density at radius 1 is 1.82 bits per heavy atom. The molecular weight excluding hydrogens is 146 g/mol. The minimum absolute atomic E-state index is 0.0526. The molecule has 0 unspecified atom stereocenters. The summed E-state index contributed by atoms with van der Waals surface area (Å²) in [5.41, 5.74) is 0.0526. The van der Waals surface area contributed by atoms with Gasteiger partial charge in [0.25, 0.3) is 0 Å². The summed E-state index contributed by atoms with van der Waals surface area (Å²) in [5.74, 6) is -0.329. The highest BCUT2D eigenvalue weighted by molar-refractivity contribution is 5.86. The standard InChI is InChI=1S/C6H9N3O2/c1-7-5-3-4(6(10)11)8-9(5)2/h3,7H,1-2H3,(H,10,11). The molecule has 1 aromatic heterocycles. The Labute approximate surface area is 63.6 Å². The summed E-state index contributed by atoms with van der Waals surface area (Å²) in [6, 6.07) is 1.47. The van der Waals surface area contributed by atoms with Crippen molar-refractivity contribution in [1.29, 1.82) is 0 Å². The predicted molar refractivity (Wildman–Crippen MR) is 39.7 cm³/mol. The Hall–Kier alpha value is -1.52. The van der Waals surface area contributed by atoms with Gasteiger partial charge in [0.15, 0.2) is 5.69 Å². The highest BCUT2D eigenvalue weighted by Crippen LogP contribution is 2.06. The van der Waals surface area contributed by atoms with Crippen molar-refractivity contribution in [2.75, 3.05) is 12.4 Å². The molecule has 0 saturated heterocycles. The van der Waals surface area contributed by atoms with Crippen LogP contribution in [0.4, 0.5) is 5.82 Å². The molecule has 1 rings (SSSR count). The lowest BCUT2D eigenvalue weighted by Gasteiger charge is -1.95. The van der Waals surface area contributed by atoms with Gasteiger partial charge in [-0.05, 0) is 0 Å². The van der Waals surface area contributed by atoms with E-state index in [1.807, 2.05) is 0 Å². The third kappa shape index (κ3) is 1.31. The molecule has 1 heterocycles. The molecule has 0 saturated carbocycles. The molecule has 0 aromatic carbocycles. The zero-order valence-corrected chi connectivity index (χ0v) is 6.33. The zero-order chi connectivity index (χ0) is 8.43. The van der Waals surface area contributed by atoms with E-state index >= 15 is 0 Å². The lowest BCUT2D eigenvalue weighted by molar-refractivity contribution is 0.0689. The highest BCUT2D eigenvalue weighted by atomic mass is 16.4. The Morgan fingerprint density at radius 3 is 2.73 bits per heavy atom. The van der Waals surface area contributed by atoms with Gasteiger partial charge in [-0.3, -0.25) is 4.68 Å². The molecule has 2 N–H and O–H groups in total. The van der Waals surface area contributed by atoms with Crippen LogP contribution in [0.1, 0.15) is 10.5 Å². The van der Waals surface area contributed by atoms with Crippen molar-refractivity contribution in [1.82, 2.24) is 9.78 Å². The summed E-state index contributed by atoms with van der Waals surface area (Å²) in [4.78, 5) is 10.4. The third-order valence-electron chi connectivity index (χ3n) is 1.36. The minimum atomic E-state index is -1.01. The first-order valence-corrected chi connectivity index (χ1v) is 3.10. The molecule has 0 radical (unpaired) electrons. The lowest BCUT2D eigenvalue weighted by Crippen LogP contribution is -2.00. The first-order chi connectivity index (χ1) is 5.15. The van der Waals surface area contributed by atoms with E-state index in [4.69, 9.17) is 5.11 Å². The van der Waals surface area contributed by atoms with E-state index in [0.717, 1.165) is 0 Å². The number of carboxylic acids is 1. The molecule has 0 amide bonds. The van der Waals surface area contributed by atoms with Gasteiger partial charge in [0.2, 0.25) is 0 Å². The molecule has 0 fully saturated rings. The van der Waals surface area contributed by atoms with Gasteiger partial charge in [-0.15, -0.1) is 0 Å². The molecule has 0 aliphatic carbocycles. The fourth-order valence-electron chi connectivity index (χ4n) is 0.806. The van der Waals surface area contributed by atoms with Crippen LogP contribution in [0.15, 0.2) is 6.07 Å². The number of aryl methyl sites for hydroxylation is 1. The average Bonchev–Trinajstić information content (AvgIpc) is 2.31. The fraction of sp³-hybridized carbons (Fsp3) is 0.333. The first kappa shape index (κ1) is 7.59. The van der Waals surface area contributed by atoms with Gasteiger partial charge in [0, 0.05) is 20.2 Å². The van der Waals surface area contributed by atoms with Crippen LogP contribution < -0.4 is 5.32 Å².